The number of nitro benzene ring substituents is 1. The first-order valence-electron chi connectivity index (χ1n) is 6.72. The Morgan fingerprint density at radius 2 is 1.71 bits per heavy atom. The van der Waals surface area contributed by atoms with Crippen LogP contribution < -0.4 is 10.0 Å². The van der Waals surface area contributed by atoms with Gasteiger partial charge in [0.15, 0.2) is 0 Å². The zero-order valence-electron chi connectivity index (χ0n) is 12.2. The van der Waals surface area contributed by atoms with Gasteiger partial charge in [-0.3, -0.25) is 10.1 Å². The monoisotopic (exact) mass is 357 g/mol. The quantitative estimate of drug-likeness (QED) is 0.450. The fraction of sp³-hybridized carbons (Fsp3) is 0.143. The maximum absolute atomic E-state index is 13.5. The Bertz CT molecular complexity index is 842. The Morgan fingerprint density at radius 3 is 2.33 bits per heavy atom. The number of nitrogens with one attached hydrogen (secondary N) is 2. The molecule has 7 nitrogen and oxygen atoms in total. The number of hydrogen-bond donors (Lipinski definition) is 2. The Hall–Kier alpha value is -2.59. The molecule has 2 rings (SSSR count). The van der Waals surface area contributed by atoms with E-state index >= 15 is 0 Å². The highest BCUT2D eigenvalue weighted by molar-refractivity contribution is 7.89. The lowest BCUT2D eigenvalue weighted by molar-refractivity contribution is -0.384. The molecule has 0 radical (unpaired) electrons. The van der Waals surface area contributed by atoms with Gasteiger partial charge in [0.1, 0.15) is 16.5 Å². The fourth-order valence-electron chi connectivity index (χ4n) is 1.85. The molecule has 0 atom stereocenters. The number of nitro groups is 1. The molecule has 0 bridgehead atoms. The van der Waals surface area contributed by atoms with E-state index < -0.39 is 31.5 Å². The van der Waals surface area contributed by atoms with Crippen LogP contribution in [0.3, 0.4) is 0 Å². The molecule has 128 valence electrons. The first-order chi connectivity index (χ1) is 11.3. The Balaban J connectivity index is 1.91. The first kappa shape index (κ1) is 17.8. The second kappa shape index (κ2) is 7.32. The van der Waals surface area contributed by atoms with Gasteiger partial charge in [0.25, 0.3) is 5.69 Å². The topological polar surface area (TPSA) is 101 Å². The van der Waals surface area contributed by atoms with Gasteiger partial charge in [-0.2, -0.15) is 0 Å². The van der Waals surface area contributed by atoms with E-state index in [1.54, 1.807) is 0 Å². The summed E-state index contributed by atoms with van der Waals surface area (Å²) >= 11 is 0. The van der Waals surface area contributed by atoms with E-state index in [9.17, 15) is 27.3 Å². The molecule has 0 aromatic heterocycles. The molecule has 0 heterocycles. The van der Waals surface area contributed by atoms with Crippen LogP contribution in [0.2, 0.25) is 0 Å². The van der Waals surface area contributed by atoms with Crippen LogP contribution in [0.25, 0.3) is 0 Å². The molecule has 0 saturated heterocycles. The molecule has 2 aromatic rings. The Labute approximate surface area is 136 Å². The van der Waals surface area contributed by atoms with Crippen LogP contribution in [-0.4, -0.2) is 26.4 Å². The molecule has 0 aliphatic heterocycles. The van der Waals surface area contributed by atoms with Gasteiger partial charge < -0.3 is 5.32 Å². The van der Waals surface area contributed by atoms with Gasteiger partial charge in [0.05, 0.1) is 4.92 Å². The first-order valence-corrected chi connectivity index (χ1v) is 8.21. The van der Waals surface area contributed by atoms with Crippen molar-refractivity contribution in [2.45, 2.75) is 4.90 Å². The van der Waals surface area contributed by atoms with Gasteiger partial charge in [-0.1, -0.05) is 0 Å². The molecule has 2 N–H and O–H groups in total. The van der Waals surface area contributed by atoms with E-state index in [4.69, 9.17) is 0 Å². The standard InChI is InChI=1S/C14H13F2N3O4S/c15-10-1-6-13(16)14(9-10)24(22,23)18-8-7-17-11-2-4-12(5-3-11)19(20)21/h1-6,9,17-18H,7-8H2. The number of halogens is 2. The summed E-state index contributed by atoms with van der Waals surface area (Å²) < 4.78 is 52.5. The van der Waals surface area contributed by atoms with Crippen molar-refractivity contribution in [2.75, 3.05) is 18.4 Å². The maximum atomic E-state index is 13.5. The fourth-order valence-corrected chi connectivity index (χ4v) is 2.97. The lowest BCUT2D eigenvalue weighted by Gasteiger charge is -2.09. The van der Waals surface area contributed by atoms with E-state index in [1.165, 1.54) is 24.3 Å². The molecule has 2 aromatic carbocycles. The molecule has 0 spiro atoms. The molecule has 0 amide bonds. The third-order valence-corrected chi connectivity index (χ3v) is 4.48. The Morgan fingerprint density at radius 1 is 1.04 bits per heavy atom. The van der Waals surface area contributed by atoms with Gasteiger partial charge >= 0.3 is 0 Å². The minimum Gasteiger partial charge on any atom is -0.384 e. The third kappa shape index (κ3) is 4.46. The summed E-state index contributed by atoms with van der Waals surface area (Å²) in [5.74, 6) is -1.91. The van der Waals surface area contributed by atoms with Crippen LogP contribution in [0.1, 0.15) is 0 Å². The van der Waals surface area contributed by atoms with Crippen molar-refractivity contribution in [1.82, 2.24) is 4.72 Å². The van der Waals surface area contributed by atoms with E-state index in [0.717, 1.165) is 12.1 Å². The van der Waals surface area contributed by atoms with Crippen LogP contribution in [-0.2, 0) is 10.0 Å². The lowest BCUT2D eigenvalue weighted by Crippen LogP contribution is -2.29. The van der Waals surface area contributed by atoms with Crippen molar-refractivity contribution in [3.8, 4) is 0 Å². The maximum Gasteiger partial charge on any atom is 0.269 e. The second-order valence-electron chi connectivity index (χ2n) is 4.70. The number of sulfonamides is 1. The van der Waals surface area contributed by atoms with Gasteiger partial charge in [-0.05, 0) is 30.3 Å². The van der Waals surface area contributed by atoms with Crippen molar-refractivity contribution < 1.29 is 22.1 Å². The zero-order chi connectivity index (χ0) is 17.7. The number of hydrogen-bond acceptors (Lipinski definition) is 5. The van der Waals surface area contributed by atoms with E-state index in [1.807, 2.05) is 0 Å². The second-order valence-corrected chi connectivity index (χ2v) is 6.44. The van der Waals surface area contributed by atoms with E-state index in [-0.39, 0.29) is 18.8 Å². The summed E-state index contributed by atoms with van der Waals surface area (Å²) in [5.41, 5.74) is 0.486. The van der Waals surface area contributed by atoms with Crippen LogP contribution in [0.5, 0.6) is 0 Å². The number of nitrogens with zero attached hydrogens (tertiary/aromatic N) is 1. The van der Waals surface area contributed by atoms with Gasteiger partial charge in [0, 0.05) is 30.9 Å². The number of non-ortho nitro benzene ring substituents is 1. The third-order valence-electron chi connectivity index (χ3n) is 3.01. The van der Waals surface area contributed by atoms with Crippen molar-refractivity contribution in [3.05, 3.63) is 64.2 Å². The molecular weight excluding hydrogens is 344 g/mol. The summed E-state index contributed by atoms with van der Waals surface area (Å²) in [4.78, 5) is 9.22. The average molecular weight is 357 g/mol. The number of anilines is 1. The minimum absolute atomic E-state index is 0.0668. The SMILES string of the molecule is O=[N+]([O-])c1ccc(NCCNS(=O)(=O)c2cc(F)ccc2F)cc1. The highest BCUT2D eigenvalue weighted by atomic mass is 32.2. The van der Waals surface area contributed by atoms with Gasteiger partial charge in [-0.15, -0.1) is 0 Å². The molecule has 0 saturated carbocycles. The van der Waals surface area contributed by atoms with Crippen molar-refractivity contribution in [1.29, 1.82) is 0 Å². The van der Waals surface area contributed by atoms with E-state index in [2.05, 4.69) is 10.0 Å². The lowest BCUT2D eigenvalue weighted by atomic mass is 10.3. The van der Waals surface area contributed by atoms with E-state index in [0.29, 0.717) is 11.8 Å². The summed E-state index contributed by atoms with van der Waals surface area (Å²) in [6.45, 7) is 0.0588. The smallest absolute Gasteiger partial charge is 0.269 e. The summed E-state index contributed by atoms with van der Waals surface area (Å²) in [6.07, 6.45) is 0. The van der Waals surface area contributed by atoms with Crippen LogP contribution in [0.4, 0.5) is 20.2 Å². The van der Waals surface area contributed by atoms with Gasteiger partial charge in [0.2, 0.25) is 10.0 Å². The molecular formula is C14H13F2N3O4S. The number of benzene rings is 2. The molecule has 0 aliphatic rings. The summed E-state index contributed by atoms with van der Waals surface area (Å²) in [5, 5.41) is 13.4. The van der Waals surface area contributed by atoms with Crippen LogP contribution in [0, 0.1) is 21.7 Å². The van der Waals surface area contributed by atoms with Gasteiger partial charge in [-0.25, -0.2) is 21.9 Å². The van der Waals surface area contributed by atoms with Crippen molar-refractivity contribution in [2.24, 2.45) is 0 Å². The van der Waals surface area contributed by atoms with Crippen molar-refractivity contribution >= 4 is 21.4 Å². The van der Waals surface area contributed by atoms with Crippen LogP contribution >= 0.6 is 0 Å². The average Bonchev–Trinajstić information content (AvgIpc) is 2.54. The molecule has 0 unspecified atom stereocenters. The molecule has 0 fully saturated rings. The molecule has 0 aliphatic carbocycles. The molecule has 10 heteroatoms. The predicted octanol–water partition coefficient (Wildman–Crippen LogP) is 2.26. The highest BCUT2D eigenvalue weighted by Gasteiger charge is 2.19. The highest BCUT2D eigenvalue weighted by Crippen LogP contribution is 2.16. The predicted molar refractivity (Wildman–Crippen MR) is 83.1 cm³/mol. The summed E-state index contributed by atoms with van der Waals surface area (Å²) in [7, 11) is -4.18. The normalized spacial score (nSPS) is 11.2. The number of rotatable bonds is 7. The zero-order valence-corrected chi connectivity index (χ0v) is 13.0. The minimum atomic E-state index is -4.18. The van der Waals surface area contributed by atoms with Crippen LogP contribution in [0.15, 0.2) is 47.4 Å². The van der Waals surface area contributed by atoms with Crippen molar-refractivity contribution in [3.63, 3.8) is 0 Å². The largest absolute Gasteiger partial charge is 0.384 e. The molecule has 24 heavy (non-hydrogen) atoms. The Kier molecular flexibility index (Phi) is 5.42. The summed E-state index contributed by atoms with van der Waals surface area (Å²) in [6, 6.07) is 7.70.